The molecule has 0 aromatic heterocycles. The number of nitrogens with one attached hydrogen (secondary N) is 2. The fraction of sp³-hybridized carbons (Fsp3) is 0.706. The summed E-state index contributed by atoms with van der Waals surface area (Å²) in [7, 11) is 0. The van der Waals surface area contributed by atoms with Gasteiger partial charge < -0.3 is 31.2 Å². The molecule has 2 amide bonds. The van der Waals surface area contributed by atoms with E-state index >= 15 is 0 Å². The molecule has 2 rings (SSSR count). The van der Waals surface area contributed by atoms with E-state index in [0.29, 0.717) is 19.4 Å². The Morgan fingerprint density at radius 3 is 2.54 bits per heavy atom. The quantitative estimate of drug-likeness (QED) is 0.518. The van der Waals surface area contributed by atoms with Gasteiger partial charge >= 0.3 is 12.3 Å². The summed E-state index contributed by atoms with van der Waals surface area (Å²) in [6.07, 6.45) is -6.34. The van der Waals surface area contributed by atoms with E-state index in [1.807, 2.05) is 0 Å². The van der Waals surface area contributed by atoms with Crippen LogP contribution >= 0.6 is 0 Å². The number of hydrogen-bond donors (Lipinski definition) is 4. The summed E-state index contributed by atoms with van der Waals surface area (Å²) in [4.78, 5) is 25.1. The smallest absolute Gasteiger partial charge is 0.422 e. The molecule has 0 saturated carbocycles. The van der Waals surface area contributed by atoms with Gasteiger partial charge in [-0.1, -0.05) is 0 Å². The molecule has 1 unspecified atom stereocenters. The first-order chi connectivity index (χ1) is 12.7. The summed E-state index contributed by atoms with van der Waals surface area (Å²) < 4.78 is 45.9. The highest BCUT2D eigenvalue weighted by Gasteiger charge is 2.61. The molecule has 2 aliphatic rings. The van der Waals surface area contributed by atoms with Gasteiger partial charge in [-0.2, -0.15) is 13.2 Å². The Bertz CT molecular complexity index is 714. The number of aliphatic hydroxyl groups is 1. The fourth-order valence-corrected chi connectivity index (χ4v) is 3.32. The van der Waals surface area contributed by atoms with E-state index in [1.165, 1.54) is 4.90 Å². The minimum absolute atomic E-state index is 0.0492. The lowest BCUT2D eigenvalue weighted by Crippen LogP contribution is -2.58. The van der Waals surface area contributed by atoms with Crippen LogP contribution in [0, 0.1) is 11.3 Å². The first-order valence-corrected chi connectivity index (χ1v) is 8.81. The third kappa shape index (κ3) is 4.40. The van der Waals surface area contributed by atoms with Crippen molar-refractivity contribution in [2.75, 3.05) is 13.1 Å². The molecule has 2 heterocycles. The lowest BCUT2D eigenvalue weighted by atomic mass is 9.78. The van der Waals surface area contributed by atoms with Crippen LogP contribution in [0.25, 0.3) is 0 Å². The van der Waals surface area contributed by atoms with Crippen molar-refractivity contribution in [3.8, 4) is 0 Å². The van der Waals surface area contributed by atoms with Crippen LogP contribution in [-0.4, -0.2) is 58.2 Å². The molecule has 2 aliphatic heterocycles. The van der Waals surface area contributed by atoms with E-state index in [-0.39, 0.29) is 6.54 Å². The molecule has 0 spiro atoms. The zero-order valence-corrected chi connectivity index (χ0v) is 15.9. The molecule has 0 bridgehead atoms. The van der Waals surface area contributed by atoms with Gasteiger partial charge in [0.15, 0.2) is 5.60 Å². The third-order valence-corrected chi connectivity index (χ3v) is 4.59. The maximum absolute atomic E-state index is 13.5. The number of nitrogens with zero attached hydrogens (tertiary/aromatic N) is 1. The van der Waals surface area contributed by atoms with Crippen LogP contribution in [0.5, 0.6) is 0 Å². The molecular formula is C17H25F3N4O4. The van der Waals surface area contributed by atoms with E-state index in [9.17, 15) is 27.9 Å². The van der Waals surface area contributed by atoms with Gasteiger partial charge in [-0.15, -0.1) is 0 Å². The monoisotopic (exact) mass is 406 g/mol. The highest BCUT2D eigenvalue weighted by atomic mass is 19.4. The van der Waals surface area contributed by atoms with E-state index in [1.54, 1.807) is 20.8 Å². The molecule has 1 saturated heterocycles. The molecule has 0 aliphatic carbocycles. The van der Waals surface area contributed by atoms with E-state index in [4.69, 9.17) is 15.9 Å². The summed E-state index contributed by atoms with van der Waals surface area (Å²) >= 11 is 0. The maximum atomic E-state index is 13.5. The van der Waals surface area contributed by atoms with Crippen molar-refractivity contribution in [2.45, 2.75) is 57.4 Å². The zero-order valence-electron chi connectivity index (χ0n) is 15.9. The fourth-order valence-electron chi connectivity index (χ4n) is 3.32. The highest BCUT2D eigenvalue weighted by Crippen LogP contribution is 2.43. The highest BCUT2D eigenvalue weighted by molar-refractivity contribution is 6.04. The molecule has 11 heteroatoms. The van der Waals surface area contributed by atoms with E-state index in [0.717, 1.165) is 0 Å². The molecule has 8 nitrogen and oxygen atoms in total. The van der Waals surface area contributed by atoms with Crippen molar-refractivity contribution in [3.05, 3.63) is 11.4 Å². The Morgan fingerprint density at radius 2 is 2.00 bits per heavy atom. The molecule has 1 fully saturated rings. The SMILES string of the molecule is CC(C)(C)OC(=O)N1CCC[C@H](C(=N)C2=C(N)NC(=O)CC2(O)C(F)(F)F)C1. The Morgan fingerprint density at radius 1 is 1.39 bits per heavy atom. The van der Waals surface area contributed by atoms with Crippen molar-refractivity contribution in [1.29, 1.82) is 5.41 Å². The minimum Gasteiger partial charge on any atom is -0.444 e. The van der Waals surface area contributed by atoms with E-state index in [2.05, 4.69) is 5.32 Å². The molecular weight excluding hydrogens is 381 g/mol. The molecule has 0 aromatic rings. The second kappa shape index (κ2) is 7.26. The van der Waals surface area contributed by atoms with Crippen LogP contribution in [0.15, 0.2) is 11.4 Å². The number of hydrogen-bond acceptors (Lipinski definition) is 6. The second-order valence-corrected chi connectivity index (χ2v) is 8.05. The lowest BCUT2D eigenvalue weighted by Gasteiger charge is -2.40. The molecule has 5 N–H and O–H groups in total. The van der Waals surface area contributed by atoms with Gasteiger partial charge in [-0.3, -0.25) is 4.79 Å². The summed E-state index contributed by atoms with van der Waals surface area (Å²) in [6.45, 7) is 5.36. The standard InChI is InChI=1S/C17H25F3N4O4/c1-15(2,3)28-14(26)24-6-4-5-9(8-24)12(21)11-13(22)23-10(25)7-16(11,27)17(18,19)20/h9,21,27H,4-8,22H2,1-3H3,(H,23,25)/t9-,16?/m0/s1. The number of rotatable bonds is 2. The summed E-state index contributed by atoms with van der Waals surface area (Å²) in [5, 5.41) is 20.6. The molecule has 0 radical (unpaired) electrons. The largest absolute Gasteiger partial charge is 0.444 e. The van der Waals surface area contributed by atoms with Crippen molar-refractivity contribution in [1.82, 2.24) is 10.2 Å². The van der Waals surface area contributed by atoms with Crippen LogP contribution in [0.4, 0.5) is 18.0 Å². The van der Waals surface area contributed by atoms with Gasteiger partial charge in [-0.25, -0.2) is 4.79 Å². The zero-order chi connectivity index (χ0) is 21.5. The van der Waals surface area contributed by atoms with Crippen molar-refractivity contribution >= 4 is 17.7 Å². The van der Waals surface area contributed by atoms with Gasteiger partial charge in [-0.05, 0) is 33.6 Å². The van der Waals surface area contributed by atoms with Gasteiger partial charge in [0.25, 0.3) is 0 Å². The van der Waals surface area contributed by atoms with Crippen LogP contribution in [0.2, 0.25) is 0 Å². The minimum atomic E-state index is -5.20. The van der Waals surface area contributed by atoms with Gasteiger partial charge in [0.2, 0.25) is 5.91 Å². The maximum Gasteiger partial charge on any atom is 0.422 e. The first-order valence-electron chi connectivity index (χ1n) is 8.81. The Labute approximate surface area is 160 Å². The van der Waals surface area contributed by atoms with Crippen molar-refractivity contribution < 1.29 is 32.6 Å². The van der Waals surface area contributed by atoms with Crippen LogP contribution in [0.3, 0.4) is 0 Å². The van der Waals surface area contributed by atoms with Crippen molar-refractivity contribution in [2.24, 2.45) is 11.7 Å². The number of amides is 2. The number of carbonyl (C=O) groups is 2. The number of carbonyl (C=O) groups excluding carboxylic acids is 2. The third-order valence-electron chi connectivity index (χ3n) is 4.59. The molecule has 2 atom stereocenters. The summed E-state index contributed by atoms with van der Waals surface area (Å²) in [5.41, 5.74) is -0.139. The number of likely N-dealkylation sites (tertiary alicyclic amines) is 1. The number of ether oxygens (including phenoxy) is 1. The average Bonchev–Trinajstić information content (AvgIpc) is 2.51. The second-order valence-electron chi connectivity index (χ2n) is 8.05. The summed E-state index contributed by atoms with van der Waals surface area (Å²) in [6, 6.07) is 0. The molecule has 158 valence electrons. The average molecular weight is 406 g/mol. The first kappa shape index (κ1) is 22.0. The van der Waals surface area contributed by atoms with Crippen LogP contribution in [-0.2, 0) is 9.53 Å². The normalized spacial score (nSPS) is 26.8. The van der Waals surface area contributed by atoms with Crippen molar-refractivity contribution in [3.63, 3.8) is 0 Å². The number of nitrogens with two attached hydrogens (primary N) is 1. The molecule has 0 aromatic carbocycles. The Kier molecular flexibility index (Phi) is 5.71. The van der Waals surface area contributed by atoms with Gasteiger partial charge in [0, 0.05) is 24.7 Å². The van der Waals surface area contributed by atoms with E-state index < -0.39 is 58.8 Å². The predicted octanol–water partition coefficient (Wildman–Crippen LogP) is 1.64. The number of alkyl halides is 3. The predicted molar refractivity (Wildman–Crippen MR) is 93.2 cm³/mol. The number of halogens is 3. The summed E-state index contributed by atoms with van der Waals surface area (Å²) in [5.74, 6) is -2.58. The van der Waals surface area contributed by atoms with Crippen LogP contribution in [0.1, 0.15) is 40.0 Å². The Balaban J connectivity index is 2.29. The number of piperidine rings is 1. The molecule has 28 heavy (non-hydrogen) atoms. The lowest BCUT2D eigenvalue weighted by molar-refractivity contribution is -0.245. The topological polar surface area (TPSA) is 129 Å². The van der Waals surface area contributed by atoms with Crippen LogP contribution < -0.4 is 11.1 Å². The van der Waals surface area contributed by atoms with Gasteiger partial charge in [0.05, 0.1) is 12.0 Å². The van der Waals surface area contributed by atoms with Gasteiger partial charge in [0.1, 0.15) is 11.4 Å². The Hall–Kier alpha value is -2.30.